The topological polar surface area (TPSA) is 80.0 Å². The van der Waals surface area contributed by atoms with Crippen LogP contribution in [0.3, 0.4) is 0 Å². The minimum Gasteiger partial charge on any atom is -0.336 e. The molecule has 25 heavy (non-hydrogen) atoms. The molecule has 2 aromatic carbocycles. The van der Waals surface area contributed by atoms with Crippen LogP contribution in [0.25, 0.3) is 22.8 Å². The zero-order valence-electron chi connectivity index (χ0n) is 13.8. The Kier molecular flexibility index (Phi) is 5.14. The van der Waals surface area contributed by atoms with Crippen LogP contribution in [0, 0.1) is 0 Å². The zero-order chi connectivity index (χ0) is 17.8. The van der Waals surface area contributed by atoms with E-state index in [1.54, 1.807) is 12.1 Å². The molecule has 0 fully saturated rings. The monoisotopic (exact) mass is 400 g/mol. The Morgan fingerprint density at radius 1 is 1.12 bits per heavy atom. The molecule has 0 aliphatic carbocycles. The van der Waals surface area contributed by atoms with Gasteiger partial charge in [-0.3, -0.25) is 0 Å². The molecule has 2 N–H and O–H groups in total. The van der Waals surface area contributed by atoms with Crippen molar-refractivity contribution in [3.05, 3.63) is 53.0 Å². The van der Waals surface area contributed by atoms with Gasteiger partial charge in [0.15, 0.2) is 0 Å². The molecule has 128 valence electrons. The summed E-state index contributed by atoms with van der Waals surface area (Å²) in [4.78, 5) is 16.2. The van der Waals surface area contributed by atoms with Crippen LogP contribution in [-0.4, -0.2) is 22.2 Å². The summed E-state index contributed by atoms with van der Waals surface area (Å²) >= 11 is 3.42. The molecule has 6 nitrogen and oxygen atoms in total. The fourth-order valence-electron chi connectivity index (χ4n) is 2.24. The Hall–Kier alpha value is -2.67. The first-order valence-corrected chi connectivity index (χ1v) is 8.58. The third kappa shape index (κ3) is 4.45. The van der Waals surface area contributed by atoms with Crippen LogP contribution in [0.1, 0.15) is 13.8 Å². The molecule has 0 spiro atoms. The number of carbonyl (C=O) groups excluding carboxylic acids is 1. The minimum absolute atomic E-state index is 0.0631. The van der Waals surface area contributed by atoms with Gasteiger partial charge in [-0.15, -0.1) is 0 Å². The number of nitrogens with zero attached hydrogens (tertiary/aromatic N) is 2. The van der Waals surface area contributed by atoms with Crippen molar-refractivity contribution < 1.29 is 9.32 Å². The van der Waals surface area contributed by atoms with Gasteiger partial charge in [0.2, 0.25) is 5.82 Å². The number of benzene rings is 2. The molecular weight excluding hydrogens is 384 g/mol. The Morgan fingerprint density at radius 3 is 2.64 bits per heavy atom. The first kappa shape index (κ1) is 17.2. The van der Waals surface area contributed by atoms with Crippen LogP contribution in [0.5, 0.6) is 0 Å². The fourth-order valence-corrected chi connectivity index (χ4v) is 2.64. The normalized spacial score (nSPS) is 10.7. The maximum Gasteiger partial charge on any atom is 0.319 e. The van der Waals surface area contributed by atoms with Gasteiger partial charge in [0.05, 0.1) is 0 Å². The molecule has 7 heteroatoms. The van der Waals surface area contributed by atoms with Crippen molar-refractivity contribution in [1.82, 2.24) is 15.5 Å². The van der Waals surface area contributed by atoms with Gasteiger partial charge >= 0.3 is 6.03 Å². The number of rotatable bonds is 4. The highest BCUT2D eigenvalue weighted by atomic mass is 79.9. The average molecular weight is 401 g/mol. The number of aromatic nitrogens is 2. The largest absolute Gasteiger partial charge is 0.336 e. The predicted molar refractivity (Wildman–Crippen MR) is 100 cm³/mol. The van der Waals surface area contributed by atoms with Crippen LogP contribution in [-0.2, 0) is 0 Å². The van der Waals surface area contributed by atoms with E-state index in [1.807, 2.05) is 50.2 Å². The van der Waals surface area contributed by atoms with E-state index in [1.165, 1.54) is 0 Å². The summed E-state index contributed by atoms with van der Waals surface area (Å²) in [5.74, 6) is 0.898. The Bertz CT molecular complexity index is 892. The molecule has 0 bridgehead atoms. The summed E-state index contributed by atoms with van der Waals surface area (Å²) in [6.07, 6.45) is 0. The molecule has 0 saturated carbocycles. The third-order valence-corrected chi connectivity index (χ3v) is 3.79. The molecule has 1 aromatic heterocycles. The summed E-state index contributed by atoms with van der Waals surface area (Å²) in [6, 6.07) is 14.7. The van der Waals surface area contributed by atoms with Gasteiger partial charge in [-0.2, -0.15) is 4.98 Å². The van der Waals surface area contributed by atoms with E-state index in [2.05, 4.69) is 36.7 Å². The summed E-state index contributed by atoms with van der Waals surface area (Å²) in [5.41, 5.74) is 2.25. The van der Waals surface area contributed by atoms with Gasteiger partial charge in [0.1, 0.15) is 0 Å². The van der Waals surface area contributed by atoms with Crippen LogP contribution in [0.15, 0.2) is 57.5 Å². The van der Waals surface area contributed by atoms with E-state index in [9.17, 15) is 4.79 Å². The molecule has 0 atom stereocenters. The van der Waals surface area contributed by atoms with E-state index >= 15 is 0 Å². The molecule has 1 heterocycles. The average Bonchev–Trinajstić information content (AvgIpc) is 3.04. The summed E-state index contributed by atoms with van der Waals surface area (Å²) < 4.78 is 6.29. The molecule has 0 aliphatic heterocycles. The smallest absolute Gasteiger partial charge is 0.319 e. The van der Waals surface area contributed by atoms with Crippen molar-refractivity contribution in [3.63, 3.8) is 0 Å². The lowest BCUT2D eigenvalue weighted by Crippen LogP contribution is -2.34. The van der Waals surface area contributed by atoms with E-state index < -0.39 is 0 Å². The number of amides is 2. The first-order valence-electron chi connectivity index (χ1n) is 7.79. The predicted octanol–water partition coefficient (Wildman–Crippen LogP) is 4.70. The van der Waals surface area contributed by atoms with Crippen LogP contribution in [0.4, 0.5) is 10.5 Å². The number of carbonyl (C=O) groups is 1. The highest BCUT2D eigenvalue weighted by Crippen LogP contribution is 2.25. The SMILES string of the molecule is CC(C)NC(=O)Nc1cccc(-c2noc(-c3cccc(Br)c3)n2)c1. The fraction of sp³-hybridized carbons (Fsp3) is 0.167. The van der Waals surface area contributed by atoms with Crippen molar-refractivity contribution >= 4 is 27.6 Å². The van der Waals surface area contributed by atoms with Crippen molar-refractivity contribution in [2.75, 3.05) is 5.32 Å². The molecule has 2 amide bonds. The molecule has 0 unspecified atom stereocenters. The second-order valence-corrected chi connectivity index (χ2v) is 6.68. The maximum absolute atomic E-state index is 11.8. The second kappa shape index (κ2) is 7.48. The van der Waals surface area contributed by atoms with E-state index in [-0.39, 0.29) is 12.1 Å². The first-order chi connectivity index (χ1) is 12.0. The third-order valence-electron chi connectivity index (χ3n) is 3.30. The second-order valence-electron chi connectivity index (χ2n) is 5.77. The van der Waals surface area contributed by atoms with E-state index in [0.717, 1.165) is 15.6 Å². The molecule has 0 radical (unpaired) electrons. The number of nitrogens with one attached hydrogen (secondary N) is 2. The number of hydrogen-bond donors (Lipinski definition) is 2. The number of anilines is 1. The van der Waals surface area contributed by atoms with Gasteiger partial charge in [0.25, 0.3) is 5.89 Å². The zero-order valence-corrected chi connectivity index (χ0v) is 15.4. The lowest BCUT2D eigenvalue weighted by molar-refractivity contribution is 0.250. The molecule has 0 aliphatic rings. The van der Waals surface area contributed by atoms with Crippen LogP contribution in [0.2, 0.25) is 0 Å². The highest BCUT2D eigenvalue weighted by molar-refractivity contribution is 9.10. The van der Waals surface area contributed by atoms with Crippen molar-refractivity contribution in [1.29, 1.82) is 0 Å². The molecule has 0 saturated heterocycles. The van der Waals surface area contributed by atoms with Crippen LogP contribution >= 0.6 is 15.9 Å². The van der Waals surface area contributed by atoms with Gasteiger partial charge in [0, 0.05) is 27.3 Å². The molecular formula is C18H17BrN4O2. The molecule has 3 aromatic rings. The van der Waals surface area contributed by atoms with Crippen molar-refractivity contribution in [2.45, 2.75) is 19.9 Å². The quantitative estimate of drug-likeness (QED) is 0.665. The number of urea groups is 1. The minimum atomic E-state index is -0.255. The Morgan fingerprint density at radius 2 is 1.88 bits per heavy atom. The number of halogens is 1. The maximum atomic E-state index is 11.8. The lowest BCUT2D eigenvalue weighted by Gasteiger charge is -2.10. The van der Waals surface area contributed by atoms with Gasteiger partial charge < -0.3 is 15.2 Å². The standard InChI is InChI=1S/C18H17BrN4O2/c1-11(2)20-18(24)21-15-8-4-5-12(10-15)16-22-17(25-23-16)13-6-3-7-14(19)9-13/h3-11H,1-2H3,(H2,20,21,24). The Balaban J connectivity index is 1.81. The summed E-state index contributed by atoms with van der Waals surface area (Å²) in [5, 5.41) is 9.60. The summed E-state index contributed by atoms with van der Waals surface area (Å²) in [7, 11) is 0. The van der Waals surface area contributed by atoms with Crippen molar-refractivity contribution in [2.24, 2.45) is 0 Å². The van der Waals surface area contributed by atoms with Crippen molar-refractivity contribution in [3.8, 4) is 22.8 Å². The summed E-state index contributed by atoms with van der Waals surface area (Å²) in [6.45, 7) is 3.80. The Labute approximate surface area is 153 Å². The van der Waals surface area contributed by atoms with Gasteiger partial charge in [-0.25, -0.2) is 4.79 Å². The van der Waals surface area contributed by atoms with Gasteiger partial charge in [-0.1, -0.05) is 39.3 Å². The van der Waals surface area contributed by atoms with Crippen LogP contribution < -0.4 is 10.6 Å². The van der Waals surface area contributed by atoms with E-state index in [0.29, 0.717) is 17.4 Å². The van der Waals surface area contributed by atoms with E-state index in [4.69, 9.17) is 4.52 Å². The molecule has 3 rings (SSSR count). The lowest BCUT2D eigenvalue weighted by atomic mass is 10.2. The number of hydrogen-bond acceptors (Lipinski definition) is 4. The van der Waals surface area contributed by atoms with Gasteiger partial charge in [-0.05, 0) is 44.2 Å². The highest BCUT2D eigenvalue weighted by Gasteiger charge is 2.12.